The highest BCUT2D eigenvalue weighted by Crippen LogP contribution is 2.27. The fraction of sp³-hybridized carbons (Fsp3) is 0.500. The van der Waals surface area contributed by atoms with Crippen LogP contribution in [0.15, 0.2) is 18.2 Å². The van der Waals surface area contributed by atoms with Crippen LogP contribution in [0.5, 0.6) is 0 Å². The summed E-state index contributed by atoms with van der Waals surface area (Å²) in [4.78, 5) is 0. The quantitative estimate of drug-likeness (QED) is 0.796. The molecule has 1 aliphatic carbocycles. The van der Waals surface area contributed by atoms with Gasteiger partial charge in [0.15, 0.2) is 0 Å². The molecule has 0 spiro atoms. The smallest absolute Gasteiger partial charge is 0.0442 e. The third kappa shape index (κ3) is 1.52. The van der Waals surface area contributed by atoms with E-state index in [0.29, 0.717) is 0 Å². The van der Waals surface area contributed by atoms with Crippen LogP contribution in [0.4, 0.5) is 5.69 Å². The van der Waals surface area contributed by atoms with Gasteiger partial charge in [0.25, 0.3) is 0 Å². The van der Waals surface area contributed by atoms with Gasteiger partial charge in [-0.05, 0) is 42.5 Å². The number of fused-ring (bicyclic) bond motifs is 1. The van der Waals surface area contributed by atoms with Crippen molar-refractivity contribution in [3.05, 3.63) is 29.3 Å². The van der Waals surface area contributed by atoms with Crippen LogP contribution < -0.4 is 5.32 Å². The fourth-order valence-electron chi connectivity index (χ4n) is 2.22. The van der Waals surface area contributed by atoms with E-state index in [0.717, 1.165) is 6.04 Å². The van der Waals surface area contributed by atoms with E-state index in [2.05, 4.69) is 23.5 Å². The predicted octanol–water partition coefficient (Wildman–Crippen LogP) is 2.70. The molecule has 14 heavy (non-hydrogen) atoms. The van der Waals surface area contributed by atoms with Gasteiger partial charge in [0.05, 0.1) is 0 Å². The lowest BCUT2D eigenvalue weighted by atomic mass is 10.1. The summed E-state index contributed by atoms with van der Waals surface area (Å²) in [6.45, 7) is 0. The van der Waals surface area contributed by atoms with Crippen molar-refractivity contribution >= 4 is 17.4 Å². The molecule has 1 saturated heterocycles. The minimum Gasteiger partial charge on any atom is -0.381 e. The van der Waals surface area contributed by atoms with Gasteiger partial charge >= 0.3 is 0 Å². The Morgan fingerprint density at radius 2 is 2.00 bits per heavy atom. The molecule has 1 fully saturated rings. The summed E-state index contributed by atoms with van der Waals surface area (Å²) >= 11 is 2.03. The largest absolute Gasteiger partial charge is 0.381 e. The first-order valence-corrected chi connectivity index (χ1v) is 6.53. The van der Waals surface area contributed by atoms with Crippen LogP contribution in [0, 0.1) is 0 Å². The molecule has 0 bridgehead atoms. The number of anilines is 1. The lowest BCUT2D eigenvalue weighted by Gasteiger charge is -2.27. The number of hydrogen-bond acceptors (Lipinski definition) is 2. The third-order valence-corrected chi connectivity index (χ3v) is 4.38. The monoisotopic (exact) mass is 205 g/mol. The van der Waals surface area contributed by atoms with E-state index in [-0.39, 0.29) is 0 Å². The van der Waals surface area contributed by atoms with Crippen molar-refractivity contribution in [1.82, 2.24) is 0 Å². The van der Waals surface area contributed by atoms with Crippen molar-refractivity contribution in [2.24, 2.45) is 0 Å². The van der Waals surface area contributed by atoms with Crippen molar-refractivity contribution < 1.29 is 0 Å². The summed E-state index contributed by atoms with van der Waals surface area (Å²) in [5, 5.41) is 3.59. The highest BCUT2D eigenvalue weighted by Gasteiger charge is 2.18. The maximum Gasteiger partial charge on any atom is 0.0442 e. The van der Waals surface area contributed by atoms with Gasteiger partial charge in [-0.3, -0.25) is 0 Å². The second-order valence-electron chi connectivity index (χ2n) is 4.22. The Balaban J connectivity index is 1.78. The SMILES string of the molecule is c1cc2c(cc1NC1CSC1)CCC2. The molecule has 3 rings (SSSR count). The van der Waals surface area contributed by atoms with Gasteiger partial charge in [0, 0.05) is 23.2 Å². The summed E-state index contributed by atoms with van der Waals surface area (Å²) < 4.78 is 0. The van der Waals surface area contributed by atoms with Crippen LogP contribution in [-0.4, -0.2) is 17.5 Å². The Morgan fingerprint density at radius 3 is 2.79 bits per heavy atom. The molecule has 1 N–H and O–H groups in total. The zero-order valence-electron chi connectivity index (χ0n) is 8.25. The Hall–Kier alpha value is -0.630. The predicted molar refractivity (Wildman–Crippen MR) is 63.2 cm³/mol. The molecule has 0 saturated carbocycles. The Kier molecular flexibility index (Phi) is 2.17. The molecule has 1 heterocycles. The van der Waals surface area contributed by atoms with E-state index < -0.39 is 0 Å². The number of nitrogens with one attached hydrogen (secondary N) is 1. The molecule has 0 unspecified atom stereocenters. The van der Waals surface area contributed by atoms with E-state index in [1.54, 1.807) is 11.1 Å². The molecule has 74 valence electrons. The Morgan fingerprint density at radius 1 is 1.14 bits per heavy atom. The lowest BCUT2D eigenvalue weighted by Crippen LogP contribution is -2.33. The van der Waals surface area contributed by atoms with Gasteiger partial charge in [-0.15, -0.1) is 0 Å². The molecular weight excluding hydrogens is 190 g/mol. The molecule has 0 atom stereocenters. The van der Waals surface area contributed by atoms with Crippen molar-refractivity contribution in [3.63, 3.8) is 0 Å². The molecule has 0 amide bonds. The second kappa shape index (κ2) is 3.50. The molecule has 2 heteroatoms. The van der Waals surface area contributed by atoms with Crippen LogP contribution in [0.3, 0.4) is 0 Å². The van der Waals surface area contributed by atoms with Crippen LogP contribution in [0.1, 0.15) is 17.5 Å². The molecular formula is C12H15NS. The summed E-state index contributed by atoms with van der Waals surface area (Å²) in [7, 11) is 0. The maximum absolute atomic E-state index is 3.59. The highest BCUT2D eigenvalue weighted by atomic mass is 32.2. The molecule has 2 aliphatic rings. The molecule has 1 aromatic rings. The van der Waals surface area contributed by atoms with Crippen LogP contribution in [-0.2, 0) is 12.8 Å². The van der Waals surface area contributed by atoms with E-state index in [1.165, 1.54) is 36.5 Å². The first-order valence-electron chi connectivity index (χ1n) is 5.38. The van der Waals surface area contributed by atoms with Crippen molar-refractivity contribution in [2.45, 2.75) is 25.3 Å². The zero-order chi connectivity index (χ0) is 9.38. The standard InChI is InChI=1S/C12H15NS/c1-2-9-4-5-11(6-10(9)3-1)13-12-7-14-8-12/h4-6,12-13H,1-3,7-8H2. The number of thioether (sulfide) groups is 1. The van der Waals surface area contributed by atoms with Gasteiger partial charge in [-0.2, -0.15) is 11.8 Å². The maximum atomic E-state index is 3.59. The average molecular weight is 205 g/mol. The van der Waals surface area contributed by atoms with Crippen molar-refractivity contribution in [3.8, 4) is 0 Å². The summed E-state index contributed by atoms with van der Waals surface area (Å²) in [5.74, 6) is 2.55. The first kappa shape index (κ1) is 8.66. The molecule has 1 aromatic carbocycles. The summed E-state index contributed by atoms with van der Waals surface area (Å²) in [6, 6.07) is 7.62. The summed E-state index contributed by atoms with van der Waals surface area (Å²) in [6.07, 6.45) is 3.91. The minimum absolute atomic E-state index is 0.722. The van der Waals surface area contributed by atoms with Gasteiger partial charge in [-0.25, -0.2) is 0 Å². The Labute approximate surface area is 89.3 Å². The van der Waals surface area contributed by atoms with E-state index in [4.69, 9.17) is 0 Å². The Bertz CT molecular complexity index is 344. The number of aryl methyl sites for hydroxylation is 2. The van der Waals surface area contributed by atoms with Crippen molar-refractivity contribution in [1.29, 1.82) is 0 Å². The highest BCUT2D eigenvalue weighted by molar-refractivity contribution is 8.00. The van der Waals surface area contributed by atoms with E-state index >= 15 is 0 Å². The van der Waals surface area contributed by atoms with E-state index in [1.807, 2.05) is 11.8 Å². The van der Waals surface area contributed by atoms with Crippen LogP contribution in [0.2, 0.25) is 0 Å². The first-order chi connectivity index (χ1) is 6.92. The number of benzene rings is 1. The minimum atomic E-state index is 0.722. The number of hydrogen-bond donors (Lipinski definition) is 1. The van der Waals surface area contributed by atoms with Crippen molar-refractivity contribution in [2.75, 3.05) is 16.8 Å². The van der Waals surface area contributed by atoms with Crippen LogP contribution >= 0.6 is 11.8 Å². The molecule has 0 radical (unpaired) electrons. The van der Waals surface area contributed by atoms with Crippen LogP contribution in [0.25, 0.3) is 0 Å². The fourth-order valence-corrected chi connectivity index (χ4v) is 2.85. The molecule has 1 aliphatic heterocycles. The average Bonchev–Trinajstić information content (AvgIpc) is 2.58. The van der Waals surface area contributed by atoms with Gasteiger partial charge in [0.2, 0.25) is 0 Å². The zero-order valence-corrected chi connectivity index (χ0v) is 9.07. The lowest BCUT2D eigenvalue weighted by molar-refractivity contribution is 0.881. The second-order valence-corrected chi connectivity index (χ2v) is 5.29. The number of rotatable bonds is 2. The summed E-state index contributed by atoms with van der Waals surface area (Å²) in [5.41, 5.74) is 4.47. The van der Waals surface area contributed by atoms with Gasteiger partial charge in [0.1, 0.15) is 0 Å². The topological polar surface area (TPSA) is 12.0 Å². The molecule has 0 aromatic heterocycles. The molecule has 1 nitrogen and oxygen atoms in total. The van der Waals surface area contributed by atoms with E-state index in [9.17, 15) is 0 Å². The third-order valence-electron chi connectivity index (χ3n) is 3.11. The van der Waals surface area contributed by atoms with Gasteiger partial charge < -0.3 is 5.32 Å². The van der Waals surface area contributed by atoms with Gasteiger partial charge in [-0.1, -0.05) is 6.07 Å². The normalized spacial score (nSPS) is 20.3.